The van der Waals surface area contributed by atoms with Crippen LogP contribution in [-0.4, -0.2) is 0 Å². The van der Waals surface area contributed by atoms with E-state index < -0.39 is 0 Å². The summed E-state index contributed by atoms with van der Waals surface area (Å²) < 4.78 is 5.32. The molecule has 0 spiro atoms. The maximum absolute atomic E-state index is 3.66. The molecule has 0 saturated carbocycles. The number of halogens is 5. The second-order valence-corrected chi connectivity index (χ2v) is 14.2. The first-order chi connectivity index (χ1) is 19.4. The van der Waals surface area contributed by atoms with Gasteiger partial charge in [0.1, 0.15) is 0 Å². The summed E-state index contributed by atoms with van der Waals surface area (Å²) in [6, 6.07) is 43.7. The van der Waals surface area contributed by atoms with Crippen LogP contribution in [0.1, 0.15) is 33.7 Å². The lowest BCUT2D eigenvalue weighted by Gasteiger charge is -2.22. The van der Waals surface area contributed by atoms with Gasteiger partial charge >= 0.3 is 0 Å². The summed E-state index contributed by atoms with van der Waals surface area (Å²) in [6.45, 7) is 0. The third-order valence-corrected chi connectivity index (χ3v) is 9.79. The van der Waals surface area contributed by atoms with Crippen LogP contribution in [0.5, 0.6) is 0 Å². The first-order valence-corrected chi connectivity index (χ1v) is 16.6. The van der Waals surface area contributed by atoms with Gasteiger partial charge in [-0.05, 0) is 111 Å². The van der Waals surface area contributed by atoms with Crippen molar-refractivity contribution in [3.05, 3.63) is 172 Å². The van der Waals surface area contributed by atoms with Gasteiger partial charge in [0.05, 0.1) is 0 Å². The van der Waals surface area contributed by atoms with Crippen molar-refractivity contribution >= 4 is 102 Å². The van der Waals surface area contributed by atoms with Crippen molar-refractivity contribution in [2.45, 2.75) is 5.92 Å². The topological polar surface area (TPSA) is 0 Å². The number of hydrogen-bond donors (Lipinski definition) is 0. The molecule has 0 radical (unpaired) electrons. The standard InChI is InChI=1S/C35H21Br5/c36-26-11-1-21(2-12-26)31-32(22-3-13-27(37)14-4-22)34(24-7-17-29(39)18-8-24)35(25-9-19-30(40)20-10-25)33(31)23-5-15-28(38)16-6-23/h1-20,31H. The Morgan fingerprint density at radius 1 is 0.300 bits per heavy atom. The van der Waals surface area contributed by atoms with Crippen LogP contribution in [0.2, 0.25) is 0 Å². The van der Waals surface area contributed by atoms with E-state index in [0.717, 1.165) is 22.4 Å². The molecule has 0 unspecified atom stereocenters. The molecule has 0 atom stereocenters. The zero-order valence-electron chi connectivity index (χ0n) is 21.0. The van der Waals surface area contributed by atoms with Crippen molar-refractivity contribution in [3.63, 3.8) is 0 Å². The average molecular weight is 841 g/mol. The van der Waals surface area contributed by atoms with E-state index in [-0.39, 0.29) is 5.92 Å². The highest BCUT2D eigenvalue weighted by atomic mass is 79.9. The third kappa shape index (κ3) is 5.69. The summed E-state index contributed by atoms with van der Waals surface area (Å²) in [6.07, 6.45) is 0. The van der Waals surface area contributed by atoms with Crippen LogP contribution in [0.15, 0.2) is 144 Å². The summed E-state index contributed by atoms with van der Waals surface area (Å²) in [5.74, 6) is 0.0211. The molecule has 0 bridgehead atoms. The van der Waals surface area contributed by atoms with E-state index in [2.05, 4.69) is 201 Å². The zero-order valence-corrected chi connectivity index (χ0v) is 28.9. The van der Waals surface area contributed by atoms with E-state index in [0.29, 0.717) is 0 Å². The highest BCUT2D eigenvalue weighted by Gasteiger charge is 2.37. The predicted octanol–water partition coefficient (Wildman–Crippen LogP) is 12.8. The number of allylic oxidation sites excluding steroid dienone is 4. The predicted molar refractivity (Wildman–Crippen MR) is 187 cm³/mol. The summed E-state index contributed by atoms with van der Waals surface area (Å²) in [5.41, 5.74) is 11.1. The molecule has 0 aliphatic heterocycles. The zero-order chi connectivity index (χ0) is 27.8. The van der Waals surface area contributed by atoms with Crippen LogP contribution in [0.25, 0.3) is 22.3 Å². The smallest absolute Gasteiger partial charge is 0.0364 e. The van der Waals surface area contributed by atoms with E-state index >= 15 is 0 Å². The van der Waals surface area contributed by atoms with Crippen molar-refractivity contribution in [2.24, 2.45) is 0 Å². The molecule has 5 heteroatoms. The van der Waals surface area contributed by atoms with E-state index in [1.54, 1.807) is 0 Å². The highest BCUT2D eigenvalue weighted by Crippen LogP contribution is 2.59. The summed E-state index contributed by atoms with van der Waals surface area (Å²) in [4.78, 5) is 0. The number of hydrogen-bond acceptors (Lipinski definition) is 0. The molecule has 0 fully saturated rings. The minimum atomic E-state index is 0.0211. The summed E-state index contributed by atoms with van der Waals surface area (Å²) in [5, 5.41) is 0. The Balaban J connectivity index is 1.77. The largest absolute Gasteiger partial charge is 0.0570 e. The van der Waals surface area contributed by atoms with Gasteiger partial charge in [-0.15, -0.1) is 0 Å². The molecule has 0 heterocycles. The Morgan fingerprint density at radius 2 is 0.550 bits per heavy atom. The molecule has 0 aromatic heterocycles. The molecule has 1 aliphatic carbocycles. The van der Waals surface area contributed by atoms with E-state index in [1.807, 2.05) is 0 Å². The molecular weight excluding hydrogens is 820 g/mol. The molecule has 5 aromatic carbocycles. The second kappa shape index (κ2) is 12.1. The first kappa shape index (κ1) is 28.1. The maximum Gasteiger partial charge on any atom is 0.0364 e. The van der Waals surface area contributed by atoms with Gasteiger partial charge in [-0.2, -0.15) is 0 Å². The minimum absolute atomic E-state index is 0.0211. The quantitative estimate of drug-likeness (QED) is 0.165. The maximum atomic E-state index is 3.66. The highest BCUT2D eigenvalue weighted by molar-refractivity contribution is 9.11. The van der Waals surface area contributed by atoms with Crippen molar-refractivity contribution in [3.8, 4) is 0 Å². The first-order valence-electron chi connectivity index (χ1n) is 12.7. The number of benzene rings is 5. The molecule has 6 rings (SSSR count). The van der Waals surface area contributed by atoms with E-state index in [9.17, 15) is 0 Å². The van der Waals surface area contributed by atoms with Crippen LogP contribution in [0, 0.1) is 0 Å². The van der Waals surface area contributed by atoms with Gasteiger partial charge in [-0.1, -0.05) is 140 Å². The SMILES string of the molecule is Brc1ccc(C2=C(c3ccc(Br)cc3)C(c3ccc(Br)cc3)C(c3ccc(Br)cc3)=C2c2ccc(Br)cc2)cc1. The lowest BCUT2D eigenvalue weighted by atomic mass is 9.81. The van der Waals surface area contributed by atoms with Gasteiger partial charge in [0.2, 0.25) is 0 Å². The molecule has 0 amide bonds. The Kier molecular flexibility index (Phi) is 8.48. The normalized spacial score (nSPS) is 13.8. The lowest BCUT2D eigenvalue weighted by Crippen LogP contribution is -2.03. The fourth-order valence-electron chi connectivity index (χ4n) is 5.40. The fourth-order valence-corrected chi connectivity index (χ4v) is 6.73. The van der Waals surface area contributed by atoms with Crippen molar-refractivity contribution in [1.82, 2.24) is 0 Å². The molecule has 1 aliphatic rings. The molecule has 40 heavy (non-hydrogen) atoms. The molecule has 0 nitrogen and oxygen atoms in total. The molecular formula is C35H21Br5. The van der Waals surface area contributed by atoms with Crippen LogP contribution < -0.4 is 0 Å². The molecule has 196 valence electrons. The fraction of sp³-hybridized carbons (Fsp3) is 0.0286. The van der Waals surface area contributed by atoms with Gasteiger partial charge in [0, 0.05) is 28.3 Å². The van der Waals surface area contributed by atoms with Gasteiger partial charge in [-0.25, -0.2) is 0 Å². The molecule has 5 aromatic rings. The van der Waals surface area contributed by atoms with Crippen LogP contribution in [-0.2, 0) is 0 Å². The summed E-state index contributed by atoms with van der Waals surface area (Å²) >= 11 is 18.3. The van der Waals surface area contributed by atoms with Gasteiger partial charge in [0.25, 0.3) is 0 Å². The van der Waals surface area contributed by atoms with Crippen LogP contribution >= 0.6 is 79.6 Å². The second-order valence-electron chi connectivity index (χ2n) is 9.59. The third-order valence-electron chi connectivity index (χ3n) is 7.15. The number of rotatable bonds is 5. The van der Waals surface area contributed by atoms with Crippen LogP contribution in [0.3, 0.4) is 0 Å². The minimum Gasteiger partial charge on any atom is -0.0570 e. The molecule has 0 saturated heterocycles. The summed E-state index contributed by atoms with van der Waals surface area (Å²) in [7, 11) is 0. The van der Waals surface area contributed by atoms with Gasteiger partial charge in [-0.3, -0.25) is 0 Å². The Hall–Kier alpha value is -2.02. The van der Waals surface area contributed by atoms with Crippen molar-refractivity contribution < 1.29 is 0 Å². The van der Waals surface area contributed by atoms with Gasteiger partial charge in [0.15, 0.2) is 0 Å². The van der Waals surface area contributed by atoms with E-state index in [4.69, 9.17) is 0 Å². The lowest BCUT2D eigenvalue weighted by molar-refractivity contribution is 1.14. The average Bonchev–Trinajstić information content (AvgIpc) is 3.31. The van der Waals surface area contributed by atoms with Crippen LogP contribution in [0.4, 0.5) is 0 Å². The van der Waals surface area contributed by atoms with E-state index in [1.165, 1.54) is 50.1 Å². The Bertz CT molecular complexity index is 1620. The Morgan fingerprint density at radius 3 is 0.850 bits per heavy atom. The monoisotopic (exact) mass is 836 g/mol. The van der Waals surface area contributed by atoms with Gasteiger partial charge < -0.3 is 0 Å². The Labute approximate surface area is 276 Å². The molecule has 0 N–H and O–H groups in total. The van der Waals surface area contributed by atoms with Crippen molar-refractivity contribution in [1.29, 1.82) is 0 Å². The van der Waals surface area contributed by atoms with Crippen molar-refractivity contribution in [2.75, 3.05) is 0 Å².